The molecule has 3 aromatic rings. The summed E-state index contributed by atoms with van der Waals surface area (Å²) in [6, 6.07) is 21.4. The summed E-state index contributed by atoms with van der Waals surface area (Å²) < 4.78 is 29.5. The van der Waals surface area contributed by atoms with Crippen LogP contribution in [0.3, 0.4) is 0 Å². The molecule has 156 valence electrons. The van der Waals surface area contributed by atoms with Crippen molar-refractivity contribution in [1.29, 1.82) is 0 Å². The summed E-state index contributed by atoms with van der Waals surface area (Å²) in [7, 11) is -3.87. The van der Waals surface area contributed by atoms with Crippen LogP contribution in [-0.4, -0.2) is 20.6 Å². The van der Waals surface area contributed by atoms with E-state index in [-0.39, 0.29) is 10.8 Å². The minimum atomic E-state index is -3.87. The maximum Gasteiger partial charge on any atom is 0.241 e. The minimum absolute atomic E-state index is 0.0959. The fraction of sp³-hybridized carbons (Fsp3) is 0.174. The van der Waals surface area contributed by atoms with Crippen LogP contribution in [0.15, 0.2) is 82.6 Å². The third-order valence-corrected chi connectivity index (χ3v) is 6.91. The van der Waals surface area contributed by atoms with E-state index >= 15 is 0 Å². The summed E-state index contributed by atoms with van der Waals surface area (Å²) in [5, 5.41) is 2.71. The summed E-state index contributed by atoms with van der Waals surface area (Å²) in [5.74, 6) is -0.255. The first-order valence-electron chi connectivity index (χ1n) is 9.40. The Labute approximate surface area is 182 Å². The summed E-state index contributed by atoms with van der Waals surface area (Å²) in [4.78, 5) is 12.4. The van der Waals surface area contributed by atoms with Crippen LogP contribution in [0.5, 0.6) is 0 Å². The molecule has 0 fully saturated rings. The van der Waals surface area contributed by atoms with Gasteiger partial charge in [0.25, 0.3) is 0 Å². The summed E-state index contributed by atoms with van der Waals surface area (Å²) >= 11 is 1.44. The molecule has 0 aliphatic carbocycles. The van der Waals surface area contributed by atoms with Crippen molar-refractivity contribution in [2.75, 3.05) is 11.6 Å². The average molecular weight is 441 g/mol. The predicted octanol–water partition coefficient (Wildman–Crippen LogP) is 4.74. The Balaban J connectivity index is 2.04. The molecule has 0 bridgehead atoms. The lowest BCUT2D eigenvalue weighted by Crippen LogP contribution is -2.30. The molecular weight excluding hydrogens is 416 g/mol. The van der Waals surface area contributed by atoms with Crippen LogP contribution < -0.4 is 10.0 Å². The van der Waals surface area contributed by atoms with Gasteiger partial charge in [0.1, 0.15) is 0 Å². The first kappa shape index (κ1) is 22.1. The number of sulfonamides is 1. The molecule has 2 N–H and O–H groups in total. The monoisotopic (exact) mass is 440 g/mol. The Kier molecular flexibility index (Phi) is 6.97. The molecule has 3 rings (SSSR count). The van der Waals surface area contributed by atoms with Gasteiger partial charge in [0.2, 0.25) is 15.9 Å². The highest BCUT2D eigenvalue weighted by Crippen LogP contribution is 2.31. The van der Waals surface area contributed by atoms with Crippen LogP contribution in [0.2, 0.25) is 0 Å². The Morgan fingerprint density at radius 2 is 1.63 bits per heavy atom. The topological polar surface area (TPSA) is 75.3 Å². The number of carbonyl (C=O) groups excluding carboxylic acids is 1. The second kappa shape index (κ2) is 9.47. The van der Waals surface area contributed by atoms with Crippen LogP contribution in [-0.2, 0) is 14.8 Å². The largest absolute Gasteiger partial charge is 0.325 e. The van der Waals surface area contributed by atoms with Crippen molar-refractivity contribution >= 4 is 33.4 Å². The minimum Gasteiger partial charge on any atom is -0.325 e. The van der Waals surface area contributed by atoms with Crippen molar-refractivity contribution in [2.45, 2.75) is 29.7 Å². The number of rotatable bonds is 7. The molecule has 0 spiro atoms. The van der Waals surface area contributed by atoms with Crippen molar-refractivity contribution in [3.63, 3.8) is 0 Å². The lowest BCUT2D eigenvalue weighted by Gasteiger charge is -2.22. The van der Waals surface area contributed by atoms with Crippen molar-refractivity contribution in [3.8, 4) is 0 Å². The third kappa shape index (κ3) is 5.11. The first-order valence-corrected chi connectivity index (χ1v) is 12.1. The van der Waals surface area contributed by atoms with E-state index in [1.807, 2.05) is 67.8 Å². The zero-order valence-corrected chi connectivity index (χ0v) is 18.7. The van der Waals surface area contributed by atoms with Gasteiger partial charge >= 0.3 is 0 Å². The second-order valence-corrected chi connectivity index (χ2v) is 9.43. The summed E-state index contributed by atoms with van der Waals surface area (Å²) in [6.45, 7) is 3.36. The van der Waals surface area contributed by atoms with Gasteiger partial charge in [-0.05, 0) is 48.1 Å². The smallest absolute Gasteiger partial charge is 0.241 e. The molecule has 7 heteroatoms. The zero-order chi connectivity index (χ0) is 21.7. The number of hydrogen-bond donors (Lipinski definition) is 2. The number of carbonyl (C=O) groups is 1. The highest BCUT2D eigenvalue weighted by atomic mass is 32.2. The number of anilines is 1. The SMILES string of the molecule is CSc1ccc(S(=O)(=O)N[C@@H](c2ccccc2)c2ccccc2C)cc1NC(C)=O. The van der Waals surface area contributed by atoms with Gasteiger partial charge in [0.05, 0.1) is 16.6 Å². The van der Waals surface area contributed by atoms with Crippen LogP contribution in [0.4, 0.5) is 5.69 Å². The molecule has 30 heavy (non-hydrogen) atoms. The van der Waals surface area contributed by atoms with E-state index in [1.165, 1.54) is 24.8 Å². The second-order valence-electron chi connectivity index (χ2n) is 6.86. The number of thioether (sulfide) groups is 1. The van der Waals surface area contributed by atoms with E-state index in [9.17, 15) is 13.2 Å². The molecule has 0 aliphatic heterocycles. The third-order valence-electron chi connectivity index (χ3n) is 4.70. The van der Waals surface area contributed by atoms with Gasteiger partial charge in [-0.1, -0.05) is 54.6 Å². The van der Waals surface area contributed by atoms with Crippen molar-refractivity contribution in [1.82, 2.24) is 4.72 Å². The highest BCUT2D eigenvalue weighted by Gasteiger charge is 2.24. The number of aryl methyl sites for hydroxylation is 1. The summed E-state index contributed by atoms with van der Waals surface area (Å²) in [6.07, 6.45) is 1.87. The van der Waals surface area contributed by atoms with Gasteiger partial charge < -0.3 is 5.32 Å². The van der Waals surface area contributed by atoms with Gasteiger partial charge in [-0.15, -0.1) is 11.8 Å². The Hall–Kier alpha value is -2.61. The maximum absolute atomic E-state index is 13.3. The molecule has 0 heterocycles. The molecule has 0 aromatic heterocycles. The molecular formula is C23H24N2O3S2. The zero-order valence-electron chi connectivity index (χ0n) is 17.0. The Morgan fingerprint density at radius 3 is 2.27 bits per heavy atom. The summed E-state index contributed by atoms with van der Waals surface area (Å²) in [5.41, 5.74) is 3.20. The number of hydrogen-bond acceptors (Lipinski definition) is 4. The van der Waals surface area contributed by atoms with Gasteiger partial charge in [-0.2, -0.15) is 4.72 Å². The van der Waals surface area contributed by atoms with Crippen molar-refractivity contribution in [3.05, 3.63) is 89.5 Å². The fourth-order valence-electron chi connectivity index (χ4n) is 3.23. The van der Waals surface area contributed by atoms with E-state index < -0.39 is 16.1 Å². The van der Waals surface area contributed by atoms with E-state index in [0.717, 1.165) is 21.6 Å². The van der Waals surface area contributed by atoms with Gasteiger partial charge in [-0.25, -0.2) is 8.42 Å². The van der Waals surface area contributed by atoms with E-state index in [1.54, 1.807) is 12.1 Å². The molecule has 5 nitrogen and oxygen atoms in total. The quantitative estimate of drug-likeness (QED) is 0.520. The lowest BCUT2D eigenvalue weighted by molar-refractivity contribution is -0.114. The molecule has 3 aromatic carbocycles. The maximum atomic E-state index is 13.3. The number of nitrogens with one attached hydrogen (secondary N) is 2. The lowest BCUT2D eigenvalue weighted by atomic mass is 9.96. The normalized spacial score (nSPS) is 12.4. The molecule has 1 amide bonds. The predicted molar refractivity (Wildman–Crippen MR) is 122 cm³/mol. The molecule has 0 radical (unpaired) electrons. The Morgan fingerprint density at radius 1 is 0.967 bits per heavy atom. The van der Waals surface area contributed by atoms with Gasteiger partial charge in [-0.3, -0.25) is 4.79 Å². The van der Waals surface area contributed by atoms with Crippen molar-refractivity contribution < 1.29 is 13.2 Å². The van der Waals surface area contributed by atoms with Gasteiger partial charge in [0.15, 0.2) is 0 Å². The average Bonchev–Trinajstić information content (AvgIpc) is 2.73. The molecule has 0 saturated heterocycles. The highest BCUT2D eigenvalue weighted by molar-refractivity contribution is 7.98. The standard InChI is InChI=1S/C23H24N2O3S2/c1-16-9-7-8-12-20(16)23(18-10-5-4-6-11-18)25-30(27,28)19-13-14-22(29-3)21(15-19)24-17(2)26/h4-15,23,25H,1-3H3,(H,24,26)/t23-/m0/s1. The molecule has 1 atom stereocenters. The van der Waals surface area contributed by atoms with Crippen LogP contribution in [0.25, 0.3) is 0 Å². The fourth-order valence-corrected chi connectivity index (χ4v) is 5.00. The first-order chi connectivity index (χ1) is 14.3. The Bertz CT molecular complexity index is 1150. The van der Waals surface area contributed by atoms with Crippen LogP contribution in [0.1, 0.15) is 29.7 Å². The van der Waals surface area contributed by atoms with Crippen molar-refractivity contribution in [2.24, 2.45) is 0 Å². The van der Waals surface area contributed by atoms with E-state index in [2.05, 4.69) is 10.0 Å². The molecule has 0 aliphatic rings. The van der Waals surface area contributed by atoms with Crippen LogP contribution in [0, 0.1) is 6.92 Å². The van der Waals surface area contributed by atoms with Gasteiger partial charge in [0, 0.05) is 11.8 Å². The number of benzene rings is 3. The van der Waals surface area contributed by atoms with Crippen LogP contribution >= 0.6 is 11.8 Å². The van der Waals surface area contributed by atoms with E-state index in [0.29, 0.717) is 5.69 Å². The number of amides is 1. The van der Waals surface area contributed by atoms with E-state index in [4.69, 9.17) is 0 Å². The molecule has 0 saturated carbocycles. The molecule has 0 unspecified atom stereocenters.